The van der Waals surface area contributed by atoms with E-state index in [0.717, 1.165) is 41.8 Å². The molecule has 0 spiro atoms. The van der Waals surface area contributed by atoms with Crippen molar-refractivity contribution in [2.75, 3.05) is 19.6 Å². The molecular weight excluding hydrogens is 370 g/mol. The topological polar surface area (TPSA) is 120 Å². The van der Waals surface area contributed by atoms with E-state index in [-0.39, 0.29) is 0 Å². The van der Waals surface area contributed by atoms with Gasteiger partial charge in [0.05, 0.1) is 21.8 Å². The van der Waals surface area contributed by atoms with Gasteiger partial charge in [-0.25, -0.2) is 14.6 Å². The van der Waals surface area contributed by atoms with E-state index in [0.29, 0.717) is 23.5 Å². The third-order valence-electron chi connectivity index (χ3n) is 5.21. The summed E-state index contributed by atoms with van der Waals surface area (Å²) < 4.78 is 0.856. The van der Waals surface area contributed by atoms with Gasteiger partial charge in [-0.2, -0.15) is 0 Å². The number of aliphatic carboxylic acids is 2. The Morgan fingerprint density at radius 2 is 2.07 bits per heavy atom. The smallest absolute Gasteiger partial charge is 0.352 e. The van der Waals surface area contributed by atoms with Gasteiger partial charge in [-0.1, -0.05) is 0 Å². The number of amides is 1. The lowest BCUT2D eigenvalue weighted by Gasteiger charge is -2.23. The predicted molar refractivity (Wildman–Crippen MR) is 97.7 cm³/mol. The summed E-state index contributed by atoms with van der Waals surface area (Å²) in [5.74, 6) is -2.77. The minimum Gasteiger partial charge on any atom is -0.478 e. The summed E-state index contributed by atoms with van der Waals surface area (Å²) in [7, 11) is 0. The Morgan fingerprint density at radius 1 is 1.26 bits per heavy atom. The van der Waals surface area contributed by atoms with Crippen molar-refractivity contribution in [3.05, 3.63) is 40.5 Å². The van der Waals surface area contributed by atoms with Crippen molar-refractivity contribution in [2.24, 2.45) is 5.92 Å². The van der Waals surface area contributed by atoms with E-state index in [1.807, 2.05) is 0 Å². The van der Waals surface area contributed by atoms with E-state index in [1.165, 1.54) is 11.3 Å². The molecule has 1 aromatic carbocycles. The maximum Gasteiger partial charge on any atom is 0.352 e. The van der Waals surface area contributed by atoms with Gasteiger partial charge in [0.15, 0.2) is 0 Å². The number of rotatable bonds is 5. The zero-order chi connectivity index (χ0) is 19.1. The van der Waals surface area contributed by atoms with Crippen molar-refractivity contribution < 1.29 is 24.6 Å². The van der Waals surface area contributed by atoms with Crippen LogP contribution in [-0.4, -0.2) is 57.6 Å². The summed E-state index contributed by atoms with van der Waals surface area (Å²) in [6, 6.07) is 3.43. The number of hydrogen-bond donors (Lipinski definition) is 3. The highest BCUT2D eigenvalue weighted by atomic mass is 32.1. The Morgan fingerprint density at radius 3 is 2.70 bits per heavy atom. The monoisotopic (exact) mass is 387 g/mol. The molecule has 2 fully saturated rings. The van der Waals surface area contributed by atoms with Crippen LogP contribution in [-0.2, 0) is 9.59 Å². The number of carbonyl (C=O) groups excluding carboxylic acids is 1. The van der Waals surface area contributed by atoms with Gasteiger partial charge in [0, 0.05) is 24.6 Å². The highest BCUT2D eigenvalue weighted by molar-refractivity contribution is 7.16. The fourth-order valence-corrected chi connectivity index (χ4v) is 4.76. The second-order valence-corrected chi connectivity index (χ2v) is 7.72. The summed E-state index contributed by atoms with van der Waals surface area (Å²) >= 11 is 1.42. The number of carboxylic acids is 2. The molecule has 140 valence electrons. The number of piperidine rings is 1. The van der Waals surface area contributed by atoms with Crippen molar-refractivity contribution in [1.29, 1.82) is 0 Å². The molecule has 1 amide bonds. The van der Waals surface area contributed by atoms with Gasteiger partial charge in [-0.05, 0) is 36.6 Å². The van der Waals surface area contributed by atoms with Gasteiger partial charge in [0.25, 0.3) is 5.91 Å². The number of carbonyl (C=O) groups is 3. The molecule has 2 unspecified atom stereocenters. The first-order valence-electron chi connectivity index (χ1n) is 8.51. The van der Waals surface area contributed by atoms with Crippen LogP contribution in [0.4, 0.5) is 0 Å². The normalized spacial score (nSPS) is 24.3. The zero-order valence-electron chi connectivity index (χ0n) is 14.2. The van der Waals surface area contributed by atoms with E-state index in [1.54, 1.807) is 17.6 Å². The standard InChI is InChI=1S/C18H17N3O5S/c22-15(23)5-13(18(25)26)20-17(24)10-3-11(16-14(4-10)27-8-19-16)12-7-21-2-1-9(12)6-21/h3-5,8-9,12H,1-2,6-7H2,(H,20,24)(H,22,23)(H,25,26)/b13-5+/t9-,12?/m1/s1. The van der Waals surface area contributed by atoms with Crippen LogP contribution < -0.4 is 5.32 Å². The molecule has 2 aliphatic rings. The van der Waals surface area contributed by atoms with Crippen LogP contribution in [0.15, 0.2) is 29.4 Å². The summed E-state index contributed by atoms with van der Waals surface area (Å²) in [6.45, 7) is 3.09. The van der Waals surface area contributed by atoms with Crippen LogP contribution in [0.2, 0.25) is 0 Å². The van der Waals surface area contributed by atoms with Crippen LogP contribution in [0.25, 0.3) is 10.2 Å². The highest BCUT2D eigenvalue weighted by Crippen LogP contribution is 2.42. The first-order chi connectivity index (χ1) is 12.9. The Hall–Kier alpha value is -2.78. The third kappa shape index (κ3) is 3.31. The van der Waals surface area contributed by atoms with E-state index in [2.05, 4.69) is 15.2 Å². The zero-order valence-corrected chi connectivity index (χ0v) is 15.0. The molecule has 8 nitrogen and oxygen atoms in total. The fraction of sp³-hybridized carbons (Fsp3) is 0.333. The van der Waals surface area contributed by atoms with Gasteiger partial charge in [0.1, 0.15) is 5.70 Å². The summed E-state index contributed by atoms with van der Waals surface area (Å²) in [5, 5.41) is 20.1. The van der Waals surface area contributed by atoms with Crippen molar-refractivity contribution >= 4 is 39.4 Å². The minimum atomic E-state index is -1.51. The molecular formula is C18H17N3O5S. The van der Waals surface area contributed by atoms with Crippen LogP contribution in [0.5, 0.6) is 0 Å². The molecule has 3 atom stereocenters. The van der Waals surface area contributed by atoms with Gasteiger partial charge < -0.3 is 20.4 Å². The maximum atomic E-state index is 12.6. The number of thiazole rings is 1. The van der Waals surface area contributed by atoms with Gasteiger partial charge in [-0.15, -0.1) is 11.3 Å². The van der Waals surface area contributed by atoms with Crippen LogP contribution >= 0.6 is 11.3 Å². The summed E-state index contributed by atoms with van der Waals surface area (Å²) in [4.78, 5) is 41.4. The largest absolute Gasteiger partial charge is 0.478 e. The second kappa shape index (κ2) is 6.75. The van der Waals surface area contributed by atoms with Gasteiger partial charge in [-0.3, -0.25) is 4.79 Å². The number of nitrogens with zero attached hydrogens (tertiary/aromatic N) is 2. The average Bonchev–Trinajstić information content (AvgIpc) is 3.35. The van der Waals surface area contributed by atoms with Crippen molar-refractivity contribution in [1.82, 2.24) is 15.2 Å². The van der Waals surface area contributed by atoms with Crippen molar-refractivity contribution in [3.63, 3.8) is 0 Å². The number of carboxylic acid groups (broad SMARTS) is 2. The molecule has 9 heteroatoms. The predicted octanol–water partition coefficient (Wildman–Crippen LogP) is 1.50. The number of hydrogen-bond acceptors (Lipinski definition) is 6. The van der Waals surface area contributed by atoms with E-state index < -0.39 is 23.5 Å². The Bertz CT molecular complexity index is 983. The molecule has 0 saturated carbocycles. The Kier molecular flexibility index (Phi) is 4.40. The lowest BCUT2D eigenvalue weighted by atomic mass is 9.85. The first kappa shape index (κ1) is 17.6. The molecule has 2 aromatic rings. The van der Waals surface area contributed by atoms with Crippen molar-refractivity contribution in [3.8, 4) is 0 Å². The molecule has 0 radical (unpaired) electrons. The first-order valence-corrected chi connectivity index (χ1v) is 9.39. The fourth-order valence-electron chi connectivity index (χ4n) is 4.01. The van der Waals surface area contributed by atoms with Crippen LogP contribution in [0.3, 0.4) is 0 Å². The number of benzene rings is 1. The number of nitrogens with one attached hydrogen (secondary N) is 1. The lowest BCUT2D eigenvalue weighted by Crippen LogP contribution is -2.28. The van der Waals surface area contributed by atoms with Crippen LogP contribution in [0, 0.1) is 5.92 Å². The molecule has 0 aliphatic carbocycles. The Balaban J connectivity index is 1.69. The quantitative estimate of drug-likeness (QED) is 0.665. The number of aromatic nitrogens is 1. The molecule has 27 heavy (non-hydrogen) atoms. The van der Waals surface area contributed by atoms with Gasteiger partial charge in [0.2, 0.25) is 0 Å². The molecule has 4 rings (SSSR count). The van der Waals surface area contributed by atoms with Crippen LogP contribution in [0.1, 0.15) is 28.3 Å². The van der Waals surface area contributed by atoms with E-state index in [4.69, 9.17) is 10.2 Å². The second-order valence-electron chi connectivity index (χ2n) is 6.83. The van der Waals surface area contributed by atoms with Gasteiger partial charge >= 0.3 is 11.9 Å². The van der Waals surface area contributed by atoms with E-state index in [9.17, 15) is 14.4 Å². The maximum absolute atomic E-state index is 12.6. The molecule has 3 N–H and O–H groups in total. The molecule has 2 aliphatic heterocycles. The molecule has 2 bridgehead atoms. The molecule has 3 heterocycles. The SMILES string of the molecule is O=C(O)/C=C(/NC(=O)c1cc(C2CN3CC[C@@H]2C3)c2ncsc2c1)C(=O)O. The summed E-state index contributed by atoms with van der Waals surface area (Å²) in [6.07, 6.45) is 1.59. The van der Waals surface area contributed by atoms with E-state index >= 15 is 0 Å². The molecule has 1 aromatic heterocycles. The van der Waals surface area contributed by atoms with Crippen molar-refractivity contribution in [2.45, 2.75) is 12.3 Å². The lowest BCUT2D eigenvalue weighted by molar-refractivity contribution is -0.135. The Labute approximate surface area is 158 Å². The number of fused-ring (bicyclic) bond motifs is 3. The summed E-state index contributed by atoms with van der Waals surface area (Å²) in [5.41, 5.74) is 3.25. The molecule has 2 saturated heterocycles. The highest BCUT2D eigenvalue weighted by Gasteiger charge is 2.39. The minimum absolute atomic E-state index is 0.296. The third-order valence-corrected chi connectivity index (χ3v) is 5.98. The average molecular weight is 387 g/mol.